The zero-order valence-electron chi connectivity index (χ0n) is 11.8. The van der Waals surface area contributed by atoms with E-state index in [1.54, 1.807) is 18.7 Å². The molecule has 0 saturated carbocycles. The molecule has 0 saturated heterocycles. The molecule has 2 N–H and O–H groups in total. The molecule has 2 aromatic heterocycles. The summed E-state index contributed by atoms with van der Waals surface area (Å²) in [6.45, 7) is 2.51. The number of fused-ring (bicyclic) bond motifs is 1. The van der Waals surface area contributed by atoms with Crippen molar-refractivity contribution in [2.24, 2.45) is 0 Å². The lowest BCUT2D eigenvalue weighted by Gasteiger charge is -2.11. The first-order valence-electron chi connectivity index (χ1n) is 6.92. The highest BCUT2D eigenvalue weighted by atomic mass is 16.1. The lowest BCUT2D eigenvalue weighted by molar-refractivity contribution is -0.122. The summed E-state index contributed by atoms with van der Waals surface area (Å²) < 4.78 is 1.99. The number of nitrogens with zero attached hydrogens (tertiary/aromatic N) is 3. The number of hydrogen-bond donors (Lipinski definition) is 2. The minimum Gasteiger partial charge on any atom is -0.347 e. The Morgan fingerprint density at radius 1 is 1.38 bits per heavy atom. The second-order valence-electron chi connectivity index (χ2n) is 4.94. The van der Waals surface area contributed by atoms with E-state index in [1.165, 1.54) is 0 Å². The van der Waals surface area contributed by atoms with Gasteiger partial charge in [-0.2, -0.15) is 0 Å². The minimum atomic E-state index is -0.118. The minimum absolute atomic E-state index is 0.00307. The molecular formula is C15H17N5O. The maximum Gasteiger partial charge on any atom is 0.222 e. The Labute approximate surface area is 122 Å². The number of carbonyl (C=O) groups excluding carboxylic acids is 1. The zero-order valence-corrected chi connectivity index (χ0v) is 11.8. The molecule has 0 bridgehead atoms. The number of aromatic nitrogens is 4. The van der Waals surface area contributed by atoms with E-state index in [9.17, 15) is 4.79 Å². The molecule has 1 unspecified atom stereocenters. The molecule has 0 fully saturated rings. The number of para-hydroxylation sites is 2. The van der Waals surface area contributed by atoms with Crippen LogP contribution in [0.2, 0.25) is 0 Å². The monoisotopic (exact) mass is 283 g/mol. The highest BCUT2D eigenvalue weighted by molar-refractivity contribution is 5.77. The highest BCUT2D eigenvalue weighted by Gasteiger charge is 2.11. The van der Waals surface area contributed by atoms with Gasteiger partial charge in [0.05, 0.1) is 23.4 Å². The van der Waals surface area contributed by atoms with E-state index >= 15 is 0 Å². The maximum absolute atomic E-state index is 12.0. The summed E-state index contributed by atoms with van der Waals surface area (Å²) in [5, 5.41) is 2.93. The quantitative estimate of drug-likeness (QED) is 0.752. The lowest BCUT2D eigenvalue weighted by atomic mass is 10.3. The number of hydrogen-bond acceptors (Lipinski definition) is 3. The molecule has 3 rings (SSSR count). The molecular weight excluding hydrogens is 266 g/mol. The van der Waals surface area contributed by atoms with Gasteiger partial charge in [0.1, 0.15) is 5.82 Å². The Morgan fingerprint density at radius 2 is 2.24 bits per heavy atom. The van der Waals surface area contributed by atoms with Gasteiger partial charge in [-0.15, -0.1) is 0 Å². The molecule has 1 aromatic carbocycles. The van der Waals surface area contributed by atoms with Gasteiger partial charge in [-0.3, -0.25) is 4.79 Å². The number of amides is 1. The largest absolute Gasteiger partial charge is 0.347 e. The van der Waals surface area contributed by atoms with Crippen molar-refractivity contribution in [3.05, 3.63) is 48.8 Å². The van der Waals surface area contributed by atoms with Crippen molar-refractivity contribution < 1.29 is 4.79 Å². The number of benzene rings is 1. The van der Waals surface area contributed by atoms with Crippen LogP contribution in [0.5, 0.6) is 0 Å². The Bertz CT molecular complexity index is 731. The van der Waals surface area contributed by atoms with Crippen molar-refractivity contribution in [2.75, 3.05) is 0 Å². The third-order valence-electron chi connectivity index (χ3n) is 3.41. The fourth-order valence-electron chi connectivity index (χ4n) is 2.31. The highest BCUT2D eigenvalue weighted by Crippen LogP contribution is 2.12. The average molecular weight is 283 g/mol. The molecule has 0 aliphatic rings. The van der Waals surface area contributed by atoms with Crippen molar-refractivity contribution in [1.29, 1.82) is 0 Å². The van der Waals surface area contributed by atoms with Crippen LogP contribution in [-0.2, 0) is 11.3 Å². The van der Waals surface area contributed by atoms with Gasteiger partial charge < -0.3 is 14.9 Å². The molecule has 3 aromatic rings. The topological polar surface area (TPSA) is 75.6 Å². The van der Waals surface area contributed by atoms with Gasteiger partial charge in [0, 0.05) is 25.4 Å². The molecule has 0 aliphatic carbocycles. The third kappa shape index (κ3) is 2.94. The van der Waals surface area contributed by atoms with E-state index < -0.39 is 0 Å². The molecule has 0 radical (unpaired) electrons. The second-order valence-corrected chi connectivity index (χ2v) is 4.94. The smallest absolute Gasteiger partial charge is 0.222 e. The first-order valence-corrected chi connectivity index (χ1v) is 6.92. The molecule has 1 atom stereocenters. The van der Waals surface area contributed by atoms with E-state index in [0.29, 0.717) is 13.0 Å². The summed E-state index contributed by atoms with van der Waals surface area (Å²) in [4.78, 5) is 23.4. The summed E-state index contributed by atoms with van der Waals surface area (Å²) in [6, 6.07) is 7.78. The Balaban J connectivity index is 1.58. The summed E-state index contributed by atoms with van der Waals surface area (Å²) in [5.41, 5.74) is 1.99. The summed E-state index contributed by atoms with van der Waals surface area (Å²) in [5.74, 6) is 0.758. The first kappa shape index (κ1) is 13.4. The number of imidazole rings is 2. The molecule has 0 spiro atoms. The molecule has 108 valence electrons. The van der Waals surface area contributed by atoms with Crippen LogP contribution in [0.25, 0.3) is 11.0 Å². The molecule has 0 aliphatic heterocycles. The lowest BCUT2D eigenvalue weighted by Crippen LogP contribution is -2.28. The van der Waals surface area contributed by atoms with E-state index in [4.69, 9.17) is 0 Å². The summed E-state index contributed by atoms with van der Waals surface area (Å²) >= 11 is 0. The fraction of sp³-hybridized carbons (Fsp3) is 0.267. The molecule has 6 heteroatoms. The Kier molecular flexibility index (Phi) is 3.68. The van der Waals surface area contributed by atoms with Crippen LogP contribution in [0.3, 0.4) is 0 Å². The van der Waals surface area contributed by atoms with Crippen molar-refractivity contribution in [2.45, 2.75) is 25.9 Å². The molecule has 6 nitrogen and oxygen atoms in total. The summed E-state index contributed by atoms with van der Waals surface area (Å²) in [6.07, 6.45) is 5.60. The second kappa shape index (κ2) is 5.78. The van der Waals surface area contributed by atoms with E-state index in [2.05, 4.69) is 20.3 Å². The summed E-state index contributed by atoms with van der Waals surface area (Å²) in [7, 11) is 0. The van der Waals surface area contributed by atoms with Gasteiger partial charge in [0.15, 0.2) is 0 Å². The number of aryl methyl sites for hydroxylation is 1. The van der Waals surface area contributed by atoms with Gasteiger partial charge >= 0.3 is 0 Å². The van der Waals surface area contributed by atoms with Crippen LogP contribution in [0, 0.1) is 0 Å². The van der Waals surface area contributed by atoms with Crippen molar-refractivity contribution in [3.8, 4) is 0 Å². The number of H-pyrrole nitrogens is 1. The van der Waals surface area contributed by atoms with Gasteiger partial charge in [-0.05, 0) is 19.1 Å². The number of rotatable bonds is 5. The maximum atomic E-state index is 12.0. The van der Waals surface area contributed by atoms with Crippen molar-refractivity contribution >= 4 is 16.9 Å². The van der Waals surface area contributed by atoms with Crippen molar-refractivity contribution in [3.63, 3.8) is 0 Å². The van der Waals surface area contributed by atoms with E-state index in [-0.39, 0.29) is 11.9 Å². The number of aromatic amines is 1. The first-order chi connectivity index (χ1) is 10.2. The Hall–Kier alpha value is -2.63. The van der Waals surface area contributed by atoms with Crippen LogP contribution >= 0.6 is 0 Å². The van der Waals surface area contributed by atoms with E-state index in [1.807, 2.05) is 35.8 Å². The fourth-order valence-corrected chi connectivity index (χ4v) is 2.31. The predicted octanol–water partition coefficient (Wildman–Crippen LogP) is 2.03. The number of carbonyl (C=O) groups is 1. The van der Waals surface area contributed by atoms with E-state index in [0.717, 1.165) is 16.9 Å². The van der Waals surface area contributed by atoms with Gasteiger partial charge in [0.2, 0.25) is 5.91 Å². The van der Waals surface area contributed by atoms with Gasteiger partial charge in [-0.1, -0.05) is 12.1 Å². The standard InChI is InChI=1S/C15H17N5O/c1-11(15-16-7-8-17-15)19-14(21)6-9-20-10-18-12-4-2-3-5-13(12)20/h2-5,7-8,10-11H,6,9H2,1H3,(H,16,17)(H,19,21). The van der Waals surface area contributed by atoms with Crippen LogP contribution < -0.4 is 5.32 Å². The van der Waals surface area contributed by atoms with Gasteiger partial charge in [-0.25, -0.2) is 9.97 Å². The molecule has 2 heterocycles. The van der Waals surface area contributed by atoms with Crippen LogP contribution in [0.1, 0.15) is 25.2 Å². The van der Waals surface area contributed by atoms with Crippen LogP contribution in [0.4, 0.5) is 0 Å². The Morgan fingerprint density at radius 3 is 3.05 bits per heavy atom. The SMILES string of the molecule is CC(NC(=O)CCn1cnc2ccccc21)c1ncc[nH]1. The van der Waals surface area contributed by atoms with Crippen LogP contribution in [0.15, 0.2) is 43.0 Å². The molecule has 21 heavy (non-hydrogen) atoms. The number of nitrogens with one attached hydrogen (secondary N) is 2. The molecule has 1 amide bonds. The zero-order chi connectivity index (χ0) is 14.7. The van der Waals surface area contributed by atoms with Crippen molar-refractivity contribution in [1.82, 2.24) is 24.8 Å². The van der Waals surface area contributed by atoms with Gasteiger partial charge in [0.25, 0.3) is 0 Å². The third-order valence-corrected chi connectivity index (χ3v) is 3.41. The normalized spacial score (nSPS) is 12.4. The van der Waals surface area contributed by atoms with Crippen LogP contribution in [-0.4, -0.2) is 25.4 Å². The predicted molar refractivity (Wildman–Crippen MR) is 79.5 cm³/mol. The average Bonchev–Trinajstić information content (AvgIpc) is 3.15.